The van der Waals surface area contributed by atoms with Crippen LogP contribution in [0.4, 0.5) is 5.69 Å². The second kappa shape index (κ2) is 7.29. The number of benzene rings is 2. The first kappa shape index (κ1) is 16.3. The number of amides is 1. The van der Waals surface area contributed by atoms with Crippen LogP contribution in [-0.2, 0) is 6.54 Å². The van der Waals surface area contributed by atoms with Crippen LogP contribution in [0.2, 0.25) is 5.02 Å². The summed E-state index contributed by atoms with van der Waals surface area (Å²) in [5, 5.41) is 12.6. The van der Waals surface area contributed by atoms with Gasteiger partial charge in [0.25, 0.3) is 5.91 Å². The number of rotatable bonds is 3. The minimum absolute atomic E-state index is 0.0422. The molecule has 0 aromatic heterocycles. The Kier molecular flexibility index (Phi) is 5.18. The Balaban J connectivity index is 2.07. The standard InChI is InChI=1S/C16H13ClN4O2/c1-19-12-5-6-14(22)13(8-12)15(23)21-16(18)20-9-10-3-2-4-11(17)7-10/h2-8,22H,9H2,(H3,18,20,21,23). The quantitative estimate of drug-likeness (QED) is 0.459. The second-order valence-electron chi connectivity index (χ2n) is 4.60. The lowest BCUT2D eigenvalue weighted by Crippen LogP contribution is -2.36. The smallest absolute Gasteiger partial charge is 0.260 e. The summed E-state index contributed by atoms with van der Waals surface area (Å²) < 4.78 is 0. The number of phenols is 1. The Morgan fingerprint density at radius 3 is 2.83 bits per heavy atom. The fourth-order valence-corrected chi connectivity index (χ4v) is 2.02. The van der Waals surface area contributed by atoms with Gasteiger partial charge in [0.1, 0.15) is 5.75 Å². The Hall–Kier alpha value is -3.04. The monoisotopic (exact) mass is 328 g/mol. The van der Waals surface area contributed by atoms with E-state index < -0.39 is 5.91 Å². The lowest BCUT2D eigenvalue weighted by Gasteiger charge is -2.07. The van der Waals surface area contributed by atoms with Crippen molar-refractivity contribution in [1.29, 1.82) is 0 Å². The SMILES string of the molecule is [C-]#[N+]c1ccc(O)c(C(=O)NC(N)=NCc2cccc(Cl)c2)c1. The van der Waals surface area contributed by atoms with Gasteiger partial charge in [-0.3, -0.25) is 10.1 Å². The van der Waals surface area contributed by atoms with Crippen LogP contribution in [0.3, 0.4) is 0 Å². The normalized spacial score (nSPS) is 10.9. The highest BCUT2D eigenvalue weighted by molar-refractivity contribution is 6.30. The highest BCUT2D eigenvalue weighted by atomic mass is 35.5. The molecular formula is C16H13ClN4O2. The van der Waals surface area contributed by atoms with Crippen LogP contribution in [0.25, 0.3) is 4.85 Å². The van der Waals surface area contributed by atoms with E-state index in [1.54, 1.807) is 18.2 Å². The van der Waals surface area contributed by atoms with E-state index in [1.807, 2.05) is 6.07 Å². The number of nitrogens with one attached hydrogen (secondary N) is 1. The molecule has 0 saturated carbocycles. The van der Waals surface area contributed by atoms with E-state index in [-0.39, 0.29) is 29.5 Å². The second-order valence-corrected chi connectivity index (χ2v) is 5.04. The summed E-state index contributed by atoms with van der Waals surface area (Å²) in [5.41, 5.74) is 6.70. The summed E-state index contributed by atoms with van der Waals surface area (Å²) in [6.45, 7) is 7.18. The van der Waals surface area contributed by atoms with Crippen molar-refractivity contribution in [1.82, 2.24) is 5.32 Å². The third-order valence-electron chi connectivity index (χ3n) is 2.92. The zero-order valence-corrected chi connectivity index (χ0v) is 12.7. The molecule has 2 aromatic rings. The molecule has 23 heavy (non-hydrogen) atoms. The van der Waals surface area contributed by atoms with Gasteiger partial charge in [-0.25, -0.2) is 9.84 Å². The van der Waals surface area contributed by atoms with E-state index in [0.717, 1.165) is 5.56 Å². The number of halogens is 1. The van der Waals surface area contributed by atoms with Gasteiger partial charge < -0.3 is 10.8 Å². The molecule has 2 aromatic carbocycles. The number of carbonyl (C=O) groups excluding carboxylic acids is 1. The summed E-state index contributed by atoms with van der Waals surface area (Å²) in [6.07, 6.45) is 0. The molecule has 116 valence electrons. The zero-order valence-electron chi connectivity index (χ0n) is 12.0. The van der Waals surface area contributed by atoms with E-state index in [9.17, 15) is 9.90 Å². The number of phenolic OH excluding ortho intramolecular Hbond substituents is 1. The van der Waals surface area contributed by atoms with Gasteiger partial charge in [0.05, 0.1) is 18.7 Å². The van der Waals surface area contributed by atoms with Gasteiger partial charge in [-0.1, -0.05) is 29.8 Å². The van der Waals surface area contributed by atoms with Crippen molar-refractivity contribution in [3.63, 3.8) is 0 Å². The molecule has 0 fully saturated rings. The summed E-state index contributed by atoms with van der Waals surface area (Å²) in [5.74, 6) is -0.972. The van der Waals surface area contributed by atoms with Crippen molar-refractivity contribution in [2.24, 2.45) is 10.7 Å². The predicted octanol–water partition coefficient (Wildman–Crippen LogP) is 2.84. The van der Waals surface area contributed by atoms with E-state index in [1.165, 1.54) is 18.2 Å². The fraction of sp³-hybridized carbons (Fsp3) is 0.0625. The maximum atomic E-state index is 12.1. The summed E-state index contributed by atoms with van der Waals surface area (Å²) in [6, 6.07) is 11.1. The van der Waals surface area contributed by atoms with Crippen molar-refractivity contribution in [3.05, 3.63) is 70.0 Å². The average Bonchev–Trinajstić information content (AvgIpc) is 2.53. The molecule has 0 aliphatic rings. The molecule has 0 aliphatic carbocycles. The molecular weight excluding hydrogens is 316 g/mol. The molecule has 4 N–H and O–H groups in total. The topological polar surface area (TPSA) is 92.1 Å². The zero-order chi connectivity index (χ0) is 16.8. The summed E-state index contributed by atoms with van der Waals surface area (Å²) >= 11 is 5.87. The molecule has 0 spiro atoms. The van der Waals surface area contributed by atoms with E-state index in [2.05, 4.69) is 15.2 Å². The molecule has 0 unspecified atom stereocenters. The van der Waals surface area contributed by atoms with E-state index >= 15 is 0 Å². The van der Waals surface area contributed by atoms with E-state index in [4.69, 9.17) is 23.9 Å². The van der Waals surface area contributed by atoms with Crippen molar-refractivity contribution >= 4 is 29.2 Å². The molecule has 0 radical (unpaired) electrons. The molecule has 0 bridgehead atoms. The molecule has 0 saturated heterocycles. The maximum Gasteiger partial charge on any atom is 0.260 e. The average molecular weight is 329 g/mol. The highest BCUT2D eigenvalue weighted by Gasteiger charge is 2.12. The molecule has 0 heterocycles. The highest BCUT2D eigenvalue weighted by Crippen LogP contribution is 2.23. The van der Waals surface area contributed by atoms with Gasteiger partial charge in [0.2, 0.25) is 0 Å². The number of aromatic hydroxyl groups is 1. The van der Waals surface area contributed by atoms with Crippen LogP contribution in [0, 0.1) is 6.57 Å². The lowest BCUT2D eigenvalue weighted by molar-refractivity contribution is 0.0974. The van der Waals surface area contributed by atoms with Crippen molar-refractivity contribution in [3.8, 4) is 5.75 Å². The van der Waals surface area contributed by atoms with E-state index in [0.29, 0.717) is 5.02 Å². The number of nitrogens with two attached hydrogens (primary N) is 1. The Morgan fingerprint density at radius 1 is 1.35 bits per heavy atom. The largest absolute Gasteiger partial charge is 0.507 e. The molecule has 7 heteroatoms. The fourth-order valence-electron chi connectivity index (χ4n) is 1.81. The number of aliphatic imine (C=N–C) groups is 1. The van der Waals surface area contributed by atoms with Crippen LogP contribution in [0.15, 0.2) is 47.5 Å². The maximum absolute atomic E-state index is 12.1. The lowest BCUT2D eigenvalue weighted by atomic mass is 10.1. The van der Waals surface area contributed by atoms with Gasteiger partial charge in [-0.15, -0.1) is 0 Å². The van der Waals surface area contributed by atoms with Crippen LogP contribution in [0.1, 0.15) is 15.9 Å². The molecule has 1 amide bonds. The van der Waals surface area contributed by atoms with Gasteiger partial charge in [-0.2, -0.15) is 0 Å². The molecule has 0 aliphatic heterocycles. The predicted molar refractivity (Wildman–Crippen MR) is 88.6 cm³/mol. The van der Waals surface area contributed by atoms with Gasteiger partial charge in [0, 0.05) is 5.02 Å². The summed E-state index contributed by atoms with van der Waals surface area (Å²) in [7, 11) is 0. The number of nitrogens with zero attached hydrogens (tertiary/aromatic N) is 2. The van der Waals surface area contributed by atoms with Crippen LogP contribution < -0.4 is 11.1 Å². The van der Waals surface area contributed by atoms with Crippen molar-refractivity contribution in [2.75, 3.05) is 0 Å². The van der Waals surface area contributed by atoms with Gasteiger partial charge in [0.15, 0.2) is 11.6 Å². The number of carbonyl (C=O) groups is 1. The Labute approximate surface area is 138 Å². The molecule has 0 atom stereocenters. The van der Waals surface area contributed by atoms with Crippen LogP contribution in [0.5, 0.6) is 5.75 Å². The minimum atomic E-state index is -0.639. The number of hydrogen-bond donors (Lipinski definition) is 3. The third kappa shape index (κ3) is 4.46. The van der Waals surface area contributed by atoms with Crippen LogP contribution >= 0.6 is 11.6 Å². The van der Waals surface area contributed by atoms with Crippen molar-refractivity contribution < 1.29 is 9.90 Å². The number of hydrogen-bond acceptors (Lipinski definition) is 3. The first-order valence-electron chi connectivity index (χ1n) is 6.56. The molecule has 2 rings (SSSR count). The first-order chi connectivity index (χ1) is 11.0. The van der Waals surface area contributed by atoms with Gasteiger partial charge in [-0.05, 0) is 29.8 Å². The third-order valence-corrected chi connectivity index (χ3v) is 3.15. The van der Waals surface area contributed by atoms with Crippen molar-refractivity contribution in [2.45, 2.75) is 6.54 Å². The minimum Gasteiger partial charge on any atom is -0.507 e. The summed E-state index contributed by atoms with van der Waals surface area (Å²) in [4.78, 5) is 19.3. The first-order valence-corrected chi connectivity index (χ1v) is 6.93. The molecule has 6 nitrogen and oxygen atoms in total. The number of guanidine groups is 1. The Bertz CT molecular complexity index is 812. The van der Waals surface area contributed by atoms with Gasteiger partial charge >= 0.3 is 0 Å². The van der Waals surface area contributed by atoms with Crippen LogP contribution in [-0.4, -0.2) is 17.0 Å². The Morgan fingerprint density at radius 2 is 2.13 bits per heavy atom.